The number of hydrogen-bond donors (Lipinski definition) is 1. The number of rotatable bonds is 4. The summed E-state index contributed by atoms with van der Waals surface area (Å²) in [6.07, 6.45) is 0. The predicted octanol–water partition coefficient (Wildman–Crippen LogP) is 3.99. The SMILES string of the molecule is C=C(c1ccc(C(=O)O)cc1)c1cccc([Si](C)(C)C)c1. The minimum Gasteiger partial charge on any atom is -0.478 e. The largest absolute Gasteiger partial charge is 0.478 e. The van der Waals surface area contributed by atoms with Gasteiger partial charge in [0.05, 0.1) is 13.6 Å². The molecule has 0 spiro atoms. The van der Waals surface area contributed by atoms with Gasteiger partial charge in [-0.15, -0.1) is 0 Å². The van der Waals surface area contributed by atoms with Gasteiger partial charge in [-0.05, 0) is 28.8 Å². The van der Waals surface area contributed by atoms with Crippen LogP contribution in [0.4, 0.5) is 0 Å². The zero-order valence-electron chi connectivity index (χ0n) is 12.7. The number of benzene rings is 2. The van der Waals surface area contributed by atoms with Gasteiger partial charge in [0.1, 0.15) is 0 Å². The zero-order chi connectivity index (χ0) is 15.6. The highest BCUT2D eigenvalue weighted by atomic mass is 28.3. The Hall–Kier alpha value is -2.13. The van der Waals surface area contributed by atoms with E-state index < -0.39 is 14.0 Å². The Balaban J connectivity index is 2.34. The van der Waals surface area contributed by atoms with Gasteiger partial charge in [-0.3, -0.25) is 0 Å². The van der Waals surface area contributed by atoms with Crippen LogP contribution in [0, 0.1) is 0 Å². The molecule has 0 aliphatic heterocycles. The molecule has 1 N–H and O–H groups in total. The molecule has 0 fully saturated rings. The molecule has 0 unspecified atom stereocenters. The van der Waals surface area contributed by atoms with Crippen molar-refractivity contribution in [1.29, 1.82) is 0 Å². The van der Waals surface area contributed by atoms with Crippen LogP contribution in [0.2, 0.25) is 19.6 Å². The summed E-state index contributed by atoms with van der Waals surface area (Å²) in [6, 6.07) is 15.4. The maximum atomic E-state index is 10.9. The normalized spacial score (nSPS) is 11.2. The topological polar surface area (TPSA) is 37.3 Å². The van der Waals surface area contributed by atoms with Gasteiger partial charge in [0, 0.05) is 0 Å². The van der Waals surface area contributed by atoms with Crippen LogP contribution >= 0.6 is 0 Å². The lowest BCUT2D eigenvalue weighted by atomic mass is 9.99. The summed E-state index contributed by atoms with van der Waals surface area (Å²) in [6.45, 7) is 11.1. The molecule has 0 saturated carbocycles. The average molecular weight is 296 g/mol. The third-order valence-electron chi connectivity index (χ3n) is 3.56. The van der Waals surface area contributed by atoms with E-state index in [1.807, 2.05) is 12.1 Å². The lowest BCUT2D eigenvalue weighted by Crippen LogP contribution is -2.37. The second-order valence-corrected chi connectivity index (χ2v) is 11.3. The van der Waals surface area contributed by atoms with E-state index in [4.69, 9.17) is 5.11 Å². The minimum absolute atomic E-state index is 0.294. The highest BCUT2D eigenvalue weighted by molar-refractivity contribution is 6.88. The monoisotopic (exact) mass is 296 g/mol. The lowest BCUT2D eigenvalue weighted by Gasteiger charge is -2.18. The smallest absolute Gasteiger partial charge is 0.335 e. The van der Waals surface area contributed by atoms with Crippen LogP contribution in [0.25, 0.3) is 5.57 Å². The highest BCUT2D eigenvalue weighted by Gasteiger charge is 2.17. The van der Waals surface area contributed by atoms with E-state index in [0.717, 1.165) is 16.7 Å². The van der Waals surface area contributed by atoms with E-state index in [1.54, 1.807) is 12.1 Å². The Morgan fingerprint density at radius 2 is 1.52 bits per heavy atom. The number of hydrogen-bond acceptors (Lipinski definition) is 1. The van der Waals surface area contributed by atoms with Gasteiger partial charge in [0.25, 0.3) is 0 Å². The van der Waals surface area contributed by atoms with Gasteiger partial charge < -0.3 is 5.11 Å². The quantitative estimate of drug-likeness (QED) is 0.866. The Morgan fingerprint density at radius 1 is 0.952 bits per heavy atom. The summed E-state index contributed by atoms with van der Waals surface area (Å²) < 4.78 is 0. The summed E-state index contributed by atoms with van der Waals surface area (Å²) in [5.41, 5.74) is 3.26. The van der Waals surface area contributed by atoms with Crippen molar-refractivity contribution in [3.05, 3.63) is 71.8 Å². The number of carbonyl (C=O) groups is 1. The molecular formula is C18H20O2Si. The van der Waals surface area contributed by atoms with Crippen LogP contribution in [0.15, 0.2) is 55.1 Å². The molecule has 0 radical (unpaired) electrons. The predicted molar refractivity (Wildman–Crippen MR) is 91.0 cm³/mol. The van der Waals surface area contributed by atoms with Crippen molar-refractivity contribution in [2.75, 3.05) is 0 Å². The standard InChI is InChI=1S/C18H20O2Si/c1-13(14-8-10-15(11-9-14)18(19)20)16-6-5-7-17(12-16)21(2,3)4/h5-12H,1H2,2-4H3,(H,19,20). The lowest BCUT2D eigenvalue weighted by molar-refractivity contribution is 0.0697. The van der Waals surface area contributed by atoms with Crippen molar-refractivity contribution in [2.24, 2.45) is 0 Å². The fourth-order valence-electron chi connectivity index (χ4n) is 2.15. The maximum absolute atomic E-state index is 10.9. The molecule has 0 bridgehead atoms. The molecule has 2 rings (SSSR count). The van der Waals surface area contributed by atoms with Crippen molar-refractivity contribution < 1.29 is 9.90 Å². The van der Waals surface area contributed by atoms with Gasteiger partial charge in [-0.1, -0.05) is 67.8 Å². The maximum Gasteiger partial charge on any atom is 0.335 e. The Kier molecular flexibility index (Phi) is 4.14. The fourth-order valence-corrected chi connectivity index (χ4v) is 3.34. The van der Waals surface area contributed by atoms with Crippen LogP contribution in [0.5, 0.6) is 0 Å². The first-order valence-corrected chi connectivity index (χ1v) is 10.4. The van der Waals surface area contributed by atoms with Crippen molar-refractivity contribution in [3.63, 3.8) is 0 Å². The number of carboxylic acids is 1. The van der Waals surface area contributed by atoms with Gasteiger partial charge in [0.15, 0.2) is 0 Å². The van der Waals surface area contributed by atoms with Gasteiger partial charge >= 0.3 is 5.97 Å². The van der Waals surface area contributed by atoms with Crippen molar-refractivity contribution in [2.45, 2.75) is 19.6 Å². The molecule has 108 valence electrons. The van der Waals surface area contributed by atoms with E-state index in [0.29, 0.717) is 5.56 Å². The molecular weight excluding hydrogens is 276 g/mol. The van der Waals surface area contributed by atoms with Gasteiger partial charge in [0.2, 0.25) is 0 Å². The van der Waals surface area contributed by atoms with Crippen molar-refractivity contribution in [1.82, 2.24) is 0 Å². The zero-order valence-corrected chi connectivity index (χ0v) is 13.7. The summed E-state index contributed by atoms with van der Waals surface area (Å²) in [5, 5.41) is 10.3. The number of carboxylic acid groups (broad SMARTS) is 1. The molecule has 2 aromatic carbocycles. The molecule has 2 nitrogen and oxygen atoms in total. The van der Waals surface area contributed by atoms with Crippen molar-refractivity contribution in [3.8, 4) is 0 Å². The van der Waals surface area contributed by atoms with Crippen LogP contribution < -0.4 is 5.19 Å². The van der Waals surface area contributed by atoms with E-state index in [9.17, 15) is 4.79 Å². The molecule has 0 aliphatic carbocycles. The summed E-state index contributed by atoms with van der Waals surface area (Å²) in [7, 11) is -1.35. The van der Waals surface area contributed by atoms with Crippen molar-refractivity contribution >= 4 is 24.8 Å². The Labute approximate surface area is 126 Å². The summed E-state index contributed by atoms with van der Waals surface area (Å²) in [5.74, 6) is -0.909. The highest BCUT2D eigenvalue weighted by Crippen LogP contribution is 2.22. The first-order valence-electron chi connectivity index (χ1n) is 6.92. The Morgan fingerprint density at radius 3 is 2.05 bits per heavy atom. The molecule has 0 heterocycles. The average Bonchev–Trinajstić information content (AvgIpc) is 2.46. The van der Waals surface area contributed by atoms with Gasteiger partial charge in [-0.25, -0.2) is 4.79 Å². The fraction of sp³-hybridized carbons (Fsp3) is 0.167. The molecule has 2 aromatic rings. The molecule has 0 saturated heterocycles. The van der Waals surface area contributed by atoms with Gasteiger partial charge in [-0.2, -0.15) is 0 Å². The van der Waals surface area contributed by atoms with E-state index in [-0.39, 0.29) is 0 Å². The van der Waals surface area contributed by atoms with Crippen LogP contribution in [-0.4, -0.2) is 19.1 Å². The molecule has 0 atom stereocenters. The van der Waals surface area contributed by atoms with Crippen LogP contribution in [-0.2, 0) is 0 Å². The summed E-state index contributed by atoms with van der Waals surface area (Å²) in [4.78, 5) is 10.9. The molecule has 0 aromatic heterocycles. The Bertz CT molecular complexity index is 679. The third kappa shape index (κ3) is 3.50. The van der Waals surface area contributed by atoms with Crippen LogP contribution in [0.3, 0.4) is 0 Å². The van der Waals surface area contributed by atoms with E-state index in [2.05, 4.69) is 50.5 Å². The number of aromatic carboxylic acids is 1. The molecule has 0 amide bonds. The van der Waals surface area contributed by atoms with Crippen LogP contribution in [0.1, 0.15) is 21.5 Å². The summed E-state index contributed by atoms with van der Waals surface area (Å²) >= 11 is 0. The van der Waals surface area contributed by atoms with E-state index >= 15 is 0 Å². The van der Waals surface area contributed by atoms with E-state index in [1.165, 1.54) is 5.19 Å². The molecule has 21 heavy (non-hydrogen) atoms. The second-order valence-electron chi connectivity index (χ2n) is 6.19. The molecule has 0 aliphatic rings. The molecule has 3 heteroatoms. The first kappa shape index (κ1) is 15.3. The third-order valence-corrected chi connectivity index (χ3v) is 5.60. The first-order chi connectivity index (χ1) is 9.79. The minimum atomic E-state index is -1.35. The second kappa shape index (κ2) is 5.70.